The predicted octanol–water partition coefficient (Wildman–Crippen LogP) is 1.96. The maximum absolute atomic E-state index is 12.3. The Morgan fingerprint density at radius 2 is 1.85 bits per heavy atom. The monoisotopic (exact) mass is 263 g/mol. The highest BCUT2D eigenvalue weighted by atomic mass is 16.2. The van der Waals surface area contributed by atoms with Crippen LogP contribution in [-0.4, -0.2) is 21.0 Å². The number of benzene rings is 1. The Labute approximate surface area is 113 Å². The van der Waals surface area contributed by atoms with E-state index < -0.39 is 11.6 Å². The molecule has 0 fully saturated rings. The third-order valence-corrected chi connectivity index (χ3v) is 3.49. The van der Waals surface area contributed by atoms with Crippen molar-refractivity contribution in [3.63, 3.8) is 0 Å². The molecular formula is C15H9N3O2. The fourth-order valence-corrected chi connectivity index (χ4v) is 2.59. The summed E-state index contributed by atoms with van der Waals surface area (Å²) in [6, 6.07) is 10.3. The molecule has 0 spiro atoms. The highest BCUT2D eigenvalue weighted by molar-refractivity contribution is 6.52. The molecule has 5 heteroatoms. The molecule has 20 heavy (non-hydrogen) atoms. The van der Waals surface area contributed by atoms with Gasteiger partial charge in [-0.05, 0) is 30.3 Å². The molecule has 0 aliphatic heterocycles. The molecule has 1 aliphatic carbocycles. The molecule has 0 radical (unpaired) electrons. The Kier molecular flexibility index (Phi) is 1.93. The molecule has 3 aromatic rings. The highest BCUT2D eigenvalue weighted by Crippen LogP contribution is 2.34. The number of carbonyl (C=O) groups excluding carboxylic acids is 2. The number of imidazole rings is 1. The first-order valence-corrected chi connectivity index (χ1v) is 6.13. The van der Waals surface area contributed by atoms with Crippen LogP contribution in [0.4, 0.5) is 5.69 Å². The zero-order chi connectivity index (χ0) is 13.9. The number of nitrogens with zero attached hydrogens (tertiary/aromatic N) is 2. The van der Waals surface area contributed by atoms with E-state index in [1.165, 1.54) is 0 Å². The van der Waals surface area contributed by atoms with Crippen molar-refractivity contribution < 1.29 is 9.59 Å². The van der Waals surface area contributed by atoms with Gasteiger partial charge in [0.2, 0.25) is 5.78 Å². The average Bonchev–Trinajstić information content (AvgIpc) is 2.84. The molecule has 96 valence electrons. The molecule has 2 N–H and O–H groups in total. The van der Waals surface area contributed by atoms with Crippen LogP contribution >= 0.6 is 0 Å². The van der Waals surface area contributed by atoms with Crippen molar-refractivity contribution >= 4 is 22.9 Å². The van der Waals surface area contributed by atoms with Gasteiger partial charge >= 0.3 is 0 Å². The third-order valence-electron chi connectivity index (χ3n) is 3.49. The zero-order valence-corrected chi connectivity index (χ0v) is 10.3. The van der Waals surface area contributed by atoms with Gasteiger partial charge < -0.3 is 5.73 Å². The minimum absolute atomic E-state index is 0.309. The number of carbonyl (C=O) groups is 2. The Morgan fingerprint density at radius 3 is 2.70 bits per heavy atom. The van der Waals surface area contributed by atoms with E-state index in [0.29, 0.717) is 33.8 Å². The first-order valence-electron chi connectivity index (χ1n) is 6.13. The Bertz CT molecular complexity index is 909. The number of aromatic nitrogens is 2. The summed E-state index contributed by atoms with van der Waals surface area (Å²) in [7, 11) is 0. The van der Waals surface area contributed by atoms with Crippen molar-refractivity contribution in [2.45, 2.75) is 0 Å². The van der Waals surface area contributed by atoms with Gasteiger partial charge in [0.25, 0.3) is 5.78 Å². The van der Waals surface area contributed by atoms with Crippen molar-refractivity contribution in [1.29, 1.82) is 0 Å². The van der Waals surface area contributed by atoms with E-state index in [-0.39, 0.29) is 0 Å². The van der Waals surface area contributed by atoms with Gasteiger partial charge in [-0.2, -0.15) is 0 Å². The van der Waals surface area contributed by atoms with Crippen LogP contribution in [-0.2, 0) is 0 Å². The lowest BCUT2D eigenvalue weighted by Gasteiger charge is -2.14. The first-order chi connectivity index (χ1) is 9.66. The summed E-state index contributed by atoms with van der Waals surface area (Å²) >= 11 is 0. The normalized spacial score (nSPS) is 13.4. The topological polar surface area (TPSA) is 77.5 Å². The highest BCUT2D eigenvalue weighted by Gasteiger charge is 2.34. The number of hydrogen-bond donors (Lipinski definition) is 1. The van der Waals surface area contributed by atoms with Crippen molar-refractivity contribution in [3.05, 3.63) is 53.9 Å². The lowest BCUT2D eigenvalue weighted by molar-refractivity contribution is 0.0812. The fraction of sp³-hybridized carbons (Fsp3) is 0. The van der Waals surface area contributed by atoms with Crippen LogP contribution in [0.3, 0.4) is 0 Å². The number of hydrogen-bond acceptors (Lipinski definition) is 4. The number of ketones is 2. The van der Waals surface area contributed by atoms with Gasteiger partial charge in [-0.25, -0.2) is 4.98 Å². The SMILES string of the molecule is Nc1ccc2c(c1)-c1nc3ccccn3c1C(=O)C2=O. The van der Waals surface area contributed by atoms with Gasteiger partial charge in [-0.1, -0.05) is 6.07 Å². The van der Waals surface area contributed by atoms with E-state index in [1.54, 1.807) is 40.9 Å². The number of anilines is 1. The maximum Gasteiger partial charge on any atom is 0.252 e. The van der Waals surface area contributed by atoms with E-state index in [0.717, 1.165) is 0 Å². The summed E-state index contributed by atoms with van der Waals surface area (Å²) in [4.78, 5) is 29.0. The van der Waals surface area contributed by atoms with Gasteiger partial charge in [0.15, 0.2) is 0 Å². The molecule has 0 unspecified atom stereocenters. The van der Waals surface area contributed by atoms with Crippen molar-refractivity contribution in [2.75, 3.05) is 5.73 Å². The maximum atomic E-state index is 12.3. The van der Waals surface area contributed by atoms with Crippen molar-refractivity contribution in [1.82, 2.24) is 9.38 Å². The second-order valence-electron chi connectivity index (χ2n) is 4.70. The number of fused-ring (bicyclic) bond motifs is 5. The lowest BCUT2D eigenvalue weighted by Crippen LogP contribution is -2.22. The van der Waals surface area contributed by atoms with Crippen LogP contribution < -0.4 is 5.73 Å². The largest absolute Gasteiger partial charge is 0.399 e. The quantitative estimate of drug-likeness (QED) is 0.497. The third kappa shape index (κ3) is 1.23. The summed E-state index contributed by atoms with van der Waals surface area (Å²) in [6.45, 7) is 0. The minimum Gasteiger partial charge on any atom is -0.399 e. The smallest absolute Gasteiger partial charge is 0.252 e. The van der Waals surface area contributed by atoms with Crippen LogP contribution in [0.2, 0.25) is 0 Å². The van der Waals surface area contributed by atoms with Gasteiger partial charge in [0, 0.05) is 23.0 Å². The molecule has 4 rings (SSSR count). The van der Waals surface area contributed by atoms with E-state index in [9.17, 15) is 9.59 Å². The van der Waals surface area contributed by atoms with E-state index in [1.807, 2.05) is 6.07 Å². The molecule has 2 aromatic heterocycles. The molecular weight excluding hydrogens is 254 g/mol. The fourth-order valence-electron chi connectivity index (χ4n) is 2.59. The Balaban J connectivity index is 2.18. The van der Waals surface area contributed by atoms with Crippen molar-refractivity contribution in [2.24, 2.45) is 0 Å². The lowest BCUT2D eigenvalue weighted by atomic mass is 9.90. The summed E-state index contributed by atoms with van der Waals surface area (Å²) in [6.07, 6.45) is 1.73. The summed E-state index contributed by atoms with van der Waals surface area (Å²) in [5, 5.41) is 0. The Hall–Kier alpha value is -2.95. The number of nitrogens with two attached hydrogens (primary N) is 1. The number of pyridine rings is 1. The van der Waals surface area contributed by atoms with Crippen LogP contribution in [0.5, 0.6) is 0 Å². The molecule has 0 bridgehead atoms. The molecule has 1 aromatic carbocycles. The first kappa shape index (κ1) is 10.9. The van der Waals surface area contributed by atoms with Crippen LogP contribution in [0.15, 0.2) is 42.6 Å². The molecule has 0 saturated heterocycles. The van der Waals surface area contributed by atoms with E-state index in [2.05, 4.69) is 4.98 Å². The number of Topliss-reactive ketones (excluding diaryl/α,β-unsaturated/α-hetero) is 2. The predicted molar refractivity (Wildman–Crippen MR) is 73.7 cm³/mol. The number of nitrogen functional groups attached to an aromatic ring is 1. The molecule has 0 saturated carbocycles. The summed E-state index contributed by atoms with van der Waals surface area (Å²) in [5.74, 6) is -1.05. The molecule has 5 nitrogen and oxygen atoms in total. The standard InChI is InChI=1S/C15H9N3O2/c16-8-4-5-9-10(7-8)12-13(15(20)14(9)19)18-6-2-1-3-11(18)17-12/h1-7H,16H2. The summed E-state index contributed by atoms with van der Waals surface area (Å²) in [5.41, 5.74) is 8.76. The van der Waals surface area contributed by atoms with Crippen molar-refractivity contribution in [3.8, 4) is 11.3 Å². The molecule has 2 heterocycles. The van der Waals surface area contributed by atoms with Gasteiger partial charge in [0.1, 0.15) is 17.0 Å². The number of rotatable bonds is 0. The summed E-state index contributed by atoms with van der Waals surface area (Å²) < 4.78 is 1.64. The second kappa shape index (κ2) is 3.54. The second-order valence-corrected chi connectivity index (χ2v) is 4.70. The van der Waals surface area contributed by atoms with Crippen LogP contribution in [0, 0.1) is 0 Å². The van der Waals surface area contributed by atoms with Crippen LogP contribution in [0.1, 0.15) is 20.8 Å². The van der Waals surface area contributed by atoms with Gasteiger partial charge in [-0.15, -0.1) is 0 Å². The van der Waals surface area contributed by atoms with E-state index in [4.69, 9.17) is 5.73 Å². The van der Waals surface area contributed by atoms with Crippen LogP contribution in [0.25, 0.3) is 16.9 Å². The molecule has 0 amide bonds. The van der Waals surface area contributed by atoms with E-state index >= 15 is 0 Å². The average molecular weight is 263 g/mol. The molecule has 0 atom stereocenters. The zero-order valence-electron chi connectivity index (χ0n) is 10.3. The van der Waals surface area contributed by atoms with Gasteiger partial charge in [-0.3, -0.25) is 14.0 Å². The van der Waals surface area contributed by atoms with Gasteiger partial charge in [0.05, 0.1) is 0 Å². The molecule has 1 aliphatic rings. The Morgan fingerprint density at radius 1 is 1.00 bits per heavy atom. The minimum atomic E-state index is -0.532.